The van der Waals surface area contributed by atoms with Crippen molar-refractivity contribution in [2.75, 3.05) is 7.11 Å². The molecular formula is C14H11Br2NO2. The zero-order valence-electron chi connectivity index (χ0n) is 10.1. The van der Waals surface area contributed by atoms with Crippen LogP contribution in [-0.2, 0) is 0 Å². The van der Waals surface area contributed by atoms with Crippen molar-refractivity contribution in [1.82, 2.24) is 4.98 Å². The van der Waals surface area contributed by atoms with E-state index >= 15 is 0 Å². The molecule has 3 nitrogen and oxygen atoms in total. The first-order valence-electron chi connectivity index (χ1n) is 5.50. The molecule has 0 fully saturated rings. The fourth-order valence-electron chi connectivity index (χ4n) is 1.54. The second-order valence-electron chi connectivity index (χ2n) is 3.82. The lowest BCUT2D eigenvalue weighted by molar-refractivity contribution is 0.414. The zero-order valence-corrected chi connectivity index (χ0v) is 13.3. The Morgan fingerprint density at radius 3 is 2.68 bits per heavy atom. The Hall–Kier alpha value is -1.33. The highest BCUT2D eigenvalue weighted by Crippen LogP contribution is 2.20. The molecule has 0 aliphatic carbocycles. The zero-order chi connectivity index (χ0) is 13.8. The van der Waals surface area contributed by atoms with Gasteiger partial charge in [0.15, 0.2) is 0 Å². The number of rotatable bonds is 3. The van der Waals surface area contributed by atoms with Gasteiger partial charge in [0.25, 0.3) is 5.56 Å². The second-order valence-corrected chi connectivity index (χ2v) is 5.53. The van der Waals surface area contributed by atoms with Gasteiger partial charge in [-0.05, 0) is 61.7 Å². The van der Waals surface area contributed by atoms with Crippen molar-refractivity contribution < 1.29 is 4.74 Å². The van der Waals surface area contributed by atoms with E-state index < -0.39 is 0 Å². The van der Waals surface area contributed by atoms with Gasteiger partial charge in [-0.3, -0.25) is 4.79 Å². The molecule has 0 saturated carbocycles. The number of pyridine rings is 1. The molecule has 0 radical (unpaired) electrons. The van der Waals surface area contributed by atoms with Crippen LogP contribution in [0.4, 0.5) is 0 Å². The summed E-state index contributed by atoms with van der Waals surface area (Å²) in [5.41, 5.74) is 1.56. The van der Waals surface area contributed by atoms with Gasteiger partial charge in [0.2, 0.25) is 0 Å². The summed E-state index contributed by atoms with van der Waals surface area (Å²) in [7, 11) is 1.63. The molecule has 2 aromatic rings. The molecule has 0 amide bonds. The van der Waals surface area contributed by atoms with Crippen LogP contribution in [0, 0.1) is 0 Å². The van der Waals surface area contributed by atoms with E-state index in [1.807, 2.05) is 36.4 Å². The second kappa shape index (κ2) is 6.21. The van der Waals surface area contributed by atoms with Crippen LogP contribution in [-0.4, -0.2) is 12.1 Å². The Balaban J connectivity index is 2.32. The Bertz CT molecular complexity index is 677. The number of hydrogen-bond donors (Lipinski definition) is 1. The Labute approximate surface area is 127 Å². The summed E-state index contributed by atoms with van der Waals surface area (Å²) in [6.45, 7) is 0. The summed E-state index contributed by atoms with van der Waals surface area (Å²) in [6.07, 6.45) is 3.75. The minimum Gasteiger partial charge on any atom is -0.497 e. The molecular weight excluding hydrogens is 374 g/mol. The van der Waals surface area contributed by atoms with Gasteiger partial charge < -0.3 is 9.72 Å². The maximum absolute atomic E-state index is 11.5. The number of nitrogens with one attached hydrogen (secondary N) is 1. The summed E-state index contributed by atoms with van der Waals surface area (Å²) in [4.78, 5) is 14.3. The molecule has 0 bridgehead atoms. The number of aromatic amines is 1. The Morgan fingerprint density at radius 1 is 1.16 bits per heavy atom. The van der Waals surface area contributed by atoms with Crippen molar-refractivity contribution in [1.29, 1.82) is 0 Å². The van der Waals surface area contributed by atoms with Crippen LogP contribution in [0.3, 0.4) is 0 Å². The number of H-pyrrole nitrogens is 1. The first-order valence-corrected chi connectivity index (χ1v) is 7.09. The van der Waals surface area contributed by atoms with Crippen LogP contribution in [0.25, 0.3) is 12.2 Å². The molecule has 2 rings (SSSR count). The van der Waals surface area contributed by atoms with Gasteiger partial charge in [0.1, 0.15) is 5.75 Å². The van der Waals surface area contributed by atoms with Crippen molar-refractivity contribution in [2.45, 2.75) is 0 Å². The van der Waals surface area contributed by atoms with Crippen LogP contribution in [0.2, 0.25) is 0 Å². The van der Waals surface area contributed by atoms with Gasteiger partial charge in [-0.25, -0.2) is 0 Å². The summed E-state index contributed by atoms with van der Waals surface area (Å²) in [5, 5.41) is 0. The van der Waals surface area contributed by atoms with Crippen LogP contribution >= 0.6 is 31.9 Å². The third kappa shape index (κ3) is 3.58. The van der Waals surface area contributed by atoms with Crippen molar-refractivity contribution in [2.24, 2.45) is 0 Å². The smallest absolute Gasteiger partial charge is 0.262 e. The first kappa shape index (κ1) is 14.1. The largest absolute Gasteiger partial charge is 0.497 e. The highest BCUT2D eigenvalue weighted by atomic mass is 79.9. The molecule has 0 aliphatic rings. The van der Waals surface area contributed by atoms with E-state index in [0.717, 1.165) is 21.5 Å². The lowest BCUT2D eigenvalue weighted by Crippen LogP contribution is -2.07. The number of ether oxygens (including phenoxy) is 1. The number of methoxy groups -OCH3 is 1. The van der Waals surface area contributed by atoms with Gasteiger partial charge in [-0.1, -0.05) is 18.2 Å². The van der Waals surface area contributed by atoms with Gasteiger partial charge >= 0.3 is 0 Å². The standard InChI is InChI=1S/C14H11Br2NO2/c1-19-10-4-2-3-9(7-10)5-6-13-11(15)8-12(16)14(18)17-13/h2-8H,1H3,(H,17,18)/b6-5+. The van der Waals surface area contributed by atoms with E-state index in [4.69, 9.17) is 4.74 Å². The average molecular weight is 385 g/mol. The molecule has 1 N–H and O–H groups in total. The molecule has 98 valence electrons. The van der Waals surface area contributed by atoms with Gasteiger partial charge in [0, 0.05) is 4.47 Å². The monoisotopic (exact) mass is 383 g/mol. The summed E-state index contributed by atoms with van der Waals surface area (Å²) < 4.78 is 6.47. The van der Waals surface area contributed by atoms with Crippen molar-refractivity contribution in [3.63, 3.8) is 0 Å². The fraction of sp³-hybridized carbons (Fsp3) is 0.0714. The van der Waals surface area contributed by atoms with E-state index in [2.05, 4.69) is 36.8 Å². The molecule has 0 saturated heterocycles. The normalized spacial score (nSPS) is 10.9. The van der Waals surface area contributed by atoms with Crippen LogP contribution in [0.1, 0.15) is 11.3 Å². The molecule has 1 heterocycles. The molecule has 1 aromatic carbocycles. The fourth-order valence-corrected chi connectivity index (χ4v) is 2.64. The van der Waals surface area contributed by atoms with Crippen LogP contribution < -0.4 is 10.3 Å². The summed E-state index contributed by atoms with van der Waals surface area (Å²) >= 11 is 6.59. The molecule has 0 aliphatic heterocycles. The van der Waals surface area contributed by atoms with E-state index in [1.165, 1.54) is 0 Å². The SMILES string of the molecule is COc1cccc(/C=C/c2[nH]c(=O)c(Br)cc2Br)c1. The van der Waals surface area contributed by atoms with Gasteiger partial charge in [-0.15, -0.1) is 0 Å². The van der Waals surface area contributed by atoms with Gasteiger partial charge in [0.05, 0.1) is 17.3 Å². The number of benzene rings is 1. The van der Waals surface area contributed by atoms with E-state index in [1.54, 1.807) is 13.2 Å². The maximum Gasteiger partial charge on any atom is 0.262 e. The van der Waals surface area contributed by atoms with Crippen molar-refractivity contribution >= 4 is 44.0 Å². The Morgan fingerprint density at radius 2 is 1.95 bits per heavy atom. The molecule has 0 unspecified atom stereocenters. The third-order valence-electron chi connectivity index (χ3n) is 2.51. The highest BCUT2D eigenvalue weighted by molar-refractivity contribution is 9.11. The number of hydrogen-bond acceptors (Lipinski definition) is 2. The molecule has 1 aromatic heterocycles. The van der Waals surface area contributed by atoms with E-state index in [9.17, 15) is 4.79 Å². The summed E-state index contributed by atoms with van der Waals surface area (Å²) in [5.74, 6) is 0.797. The van der Waals surface area contributed by atoms with E-state index in [-0.39, 0.29) is 5.56 Å². The summed E-state index contributed by atoms with van der Waals surface area (Å²) in [6, 6.07) is 9.40. The minimum absolute atomic E-state index is 0.159. The Kier molecular flexibility index (Phi) is 4.61. The van der Waals surface area contributed by atoms with Gasteiger partial charge in [-0.2, -0.15) is 0 Å². The lowest BCUT2D eigenvalue weighted by atomic mass is 10.2. The first-order chi connectivity index (χ1) is 9.10. The lowest BCUT2D eigenvalue weighted by Gasteiger charge is -2.01. The molecule has 0 spiro atoms. The predicted molar refractivity (Wildman–Crippen MR) is 84.4 cm³/mol. The molecule has 19 heavy (non-hydrogen) atoms. The average Bonchev–Trinajstić information content (AvgIpc) is 2.41. The van der Waals surface area contributed by atoms with Crippen LogP contribution in [0.5, 0.6) is 5.75 Å². The number of aromatic nitrogens is 1. The third-order valence-corrected chi connectivity index (χ3v) is 3.76. The van der Waals surface area contributed by atoms with Crippen molar-refractivity contribution in [3.05, 3.63) is 60.9 Å². The van der Waals surface area contributed by atoms with Crippen molar-refractivity contribution in [3.8, 4) is 5.75 Å². The highest BCUT2D eigenvalue weighted by Gasteiger charge is 2.01. The molecule has 5 heteroatoms. The maximum atomic E-state index is 11.5. The van der Waals surface area contributed by atoms with E-state index in [0.29, 0.717) is 4.47 Å². The predicted octanol–water partition coefficient (Wildman–Crippen LogP) is 4.08. The van der Waals surface area contributed by atoms with Crippen LogP contribution in [0.15, 0.2) is 44.1 Å². The minimum atomic E-state index is -0.159. The number of halogens is 2. The topological polar surface area (TPSA) is 42.1 Å². The molecule has 0 atom stereocenters. The quantitative estimate of drug-likeness (QED) is 0.866.